The Balaban J connectivity index is 1.39. The molecule has 1 amide bonds. The van der Waals surface area contributed by atoms with Crippen LogP contribution >= 0.6 is 11.8 Å². The van der Waals surface area contributed by atoms with Gasteiger partial charge in [0, 0.05) is 22.9 Å². The monoisotopic (exact) mass is 481 g/mol. The number of carbonyl (C=O) groups is 1. The molecular weight excluding hydrogens is 454 g/mol. The Kier molecular flexibility index (Phi) is 6.95. The summed E-state index contributed by atoms with van der Waals surface area (Å²) in [5, 5.41) is 2.89. The molecule has 1 aliphatic rings. The number of benzene rings is 3. The average molecular weight is 482 g/mol. The quantitative estimate of drug-likeness (QED) is 0.477. The second-order valence-corrected chi connectivity index (χ2v) is 10.9. The normalized spacial score (nSPS) is 12.6. The molecule has 33 heavy (non-hydrogen) atoms. The Morgan fingerprint density at radius 2 is 1.52 bits per heavy atom. The SMILES string of the molecule is Cc1ccccc1N(CC(=O)NCCCN1c2ccccc2Sc2ccccc21)S(C)(=O)=O. The van der Waals surface area contributed by atoms with Crippen molar-refractivity contribution in [1.82, 2.24) is 5.32 Å². The van der Waals surface area contributed by atoms with E-state index in [4.69, 9.17) is 0 Å². The van der Waals surface area contributed by atoms with E-state index in [1.165, 1.54) is 9.79 Å². The number of nitrogens with one attached hydrogen (secondary N) is 1. The van der Waals surface area contributed by atoms with Crippen molar-refractivity contribution in [2.45, 2.75) is 23.1 Å². The highest BCUT2D eigenvalue weighted by atomic mass is 32.2. The molecule has 0 saturated carbocycles. The fourth-order valence-corrected chi connectivity index (χ4v) is 5.91. The molecule has 3 aromatic rings. The average Bonchev–Trinajstić information content (AvgIpc) is 2.79. The molecule has 8 heteroatoms. The van der Waals surface area contributed by atoms with Crippen molar-refractivity contribution in [3.8, 4) is 0 Å². The van der Waals surface area contributed by atoms with E-state index in [0.717, 1.165) is 40.5 Å². The third kappa shape index (κ3) is 5.34. The summed E-state index contributed by atoms with van der Waals surface area (Å²) in [4.78, 5) is 17.3. The number of fused-ring (bicyclic) bond motifs is 2. The Morgan fingerprint density at radius 1 is 0.939 bits per heavy atom. The lowest BCUT2D eigenvalue weighted by molar-refractivity contribution is -0.119. The van der Waals surface area contributed by atoms with Crippen LogP contribution in [0.1, 0.15) is 12.0 Å². The van der Waals surface area contributed by atoms with Crippen LogP contribution in [0.3, 0.4) is 0 Å². The van der Waals surface area contributed by atoms with E-state index in [0.29, 0.717) is 12.2 Å². The zero-order chi connectivity index (χ0) is 23.4. The fourth-order valence-electron chi connectivity index (χ4n) is 3.90. The minimum Gasteiger partial charge on any atom is -0.354 e. The summed E-state index contributed by atoms with van der Waals surface area (Å²) in [6.07, 6.45) is 1.85. The van der Waals surface area contributed by atoms with Crippen LogP contribution in [-0.2, 0) is 14.8 Å². The first kappa shape index (κ1) is 23.2. The van der Waals surface area contributed by atoms with Gasteiger partial charge in [0.1, 0.15) is 6.54 Å². The van der Waals surface area contributed by atoms with E-state index in [1.807, 2.05) is 43.3 Å². The van der Waals surface area contributed by atoms with Crippen LogP contribution in [0.5, 0.6) is 0 Å². The van der Waals surface area contributed by atoms with Crippen molar-refractivity contribution in [3.05, 3.63) is 78.4 Å². The molecule has 4 rings (SSSR count). The summed E-state index contributed by atoms with van der Waals surface area (Å²) in [7, 11) is -3.59. The lowest BCUT2D eigenvalue weighted by Gasteiger charge is -2.32. The molecule has 0 bridgehead atoms. The van der Waals surface area contributed by atoms with E-state index in [1.54, 1.807) is 23.9 Å². The molecule has 0 unspecified atom stereocenters. The molecule has 0 aromatic heterocycles. The number of rotatable bonds is 8. The molecule has 0 saturated heterocycles. The van der Waals surface area contributed by atoms with Gasteiger partial charge in [-0.3, -0.25) is 9.10 Å². The summed E-state index contributed by atoms with van der Waals surface area (Å²) < 4.78 is 25.8. The Hall–Kier alpha value is -2.97. The van der Waals surface area contributed by atoms with Crippen LogP contribution in [0.15, 0.2) is 82.6 Å². The number of hydrogen-bond donors (Lipinski definition) is 1. The summed E-state index contributed by atoms with van der Waals surface area (Å²) in [6, 6.07) is 23.8. The maximum atomic E-state index is 12.6. The highest BCUT2D eigenvalue weighted by Crippen LogP contribution is 2.47. The zero-order valence-electron chi connectivity index (χ0n) is 18.7. The smallest absolute Gasteiger partial charge is 0.240 e. The lowest BCUT2D eigenvalue weighted by Crippen LogP contribution is -2.41. The van der Waals surface area contributed by atoms with E-state index in [9.17, 15) is 13.2 Å². The minimum atomic E-state index is -3.59. The third-order valence-electron chi connectivity index (χ3n) is 5.48. The summed E-state index contributed by atoms with van der Waals surface area (Å²) >= 11 is 1.76. The van der Waals surface area contributed by atoms with Gasteiger partial charge >= 0.3 is 0 Å². The van der Waals surface area contributed by atoms with Gasteiger partial charge in [-0.1, -0.05) is 54.2 Å². The number of hydrogen-bond acceptors (Lipinski definition) is 5. The van der Waals surface area contributed by atoms with Crippen LogP contribution in [0.2, 0.25) is 0 Å². The fraction of sp³-hybridized carbons (Fsp3) is 0.240. The third-order valence-corrected chi connectivity index (χ3v) is 7.74. The highest BCUT2D eigenvalue weighted by Gasteiger charge is 2.23. The number of anilines is 3. The van der Waals surface area contributed by atoms with E-state index in [2.05, 4.69) is 34.5 Å². The number of sulfonamides is 1. The molecule has 1 aliphatic heterocycles. The van der Waals surface area contributed by atoms with E-state index >= 15 is 0 Å². The second kappa shape index (κ2) is 9.89. The van der Waals surface area contributed by atoms with Crippen molar-refractivity contribution in [1.29, 1.82) is 0 Å². The predicted octanol–water partition coefficient (Wildman–Crippen LogP) is 4.57. The number of aryl methyl sites for hydroxylation is 1. The van der Waals surface area contributed by atoms with Gasteiger partial charge in [0.05, 0.1) is 23.3 Å². The summed E-state index contributed by atoms with van der Waals surface area (Å²) in [6.45, 7) is 2.79. The van der Waals surface area contributed by atoms with Crippen LogP contribution in [0, 0.1) is 6.92 Å². The van der Waals surface area contributed by atoms with Gasteiger partial charge in [-0.15, -0.1) is 0 Å². The van der Waals surface area contributed by atoms with Crippen LogP contribution in [0.4, 0.5) is 17.1 Å². The van der Waals surface area contributed by atoms with Gasteiger partial charge in [0.2, 0.25) is 15.9 Å². The molecule has 0 spiro atoms. The Morgan fingerprint density at radius 3 is 2.12 bits per heavy atom. The molecule has 0 radical (unpaired) electrons. The van der Waals surface area contributed by atoms with Crippen molar-refractivity contribution in [3.63, 3.8) is 0 Å². The molecule has 0 atom stereocenters. The minimum absolute atomic E-state index is 0.240. The van der Waals surface area contributed by atoms with E-state index in [-0.39, 0.29) is 12.5 Å². The van der Waals surface area contributed by atoms with Gasteiger partial charge in [-0.05, 0) is 49.2 Å². The first-order valence-electron chi connectivity index (χ1n) is 10.8. The Labute approximate surface area is 199 Å². The summed E-state index contributed by atoms with van der Waals surface area (Å²) in [5.74, 6) is -0.321. The van der Waals surface area contributed by atoms with Crippen LogP contribution < -0.4 is 14.5 Å². The molecular formula is C25H27N3O3S2. The predicted molar refractivity (Wildman–Crippen MR) is 135 cm³/mol. The van der Waals surface area contributed by atoms with E-state index < -0.39 is 10.0 Å². The van der Waals surface area contributed by atoms with Crippen molar-refractivity contribution in [2.75, 3.05) is 35.1 Å². The van der Waals surface area contributed by atoms with Gasteiger partial charge in [0.25, 0.3) is 0 Å². The molecule has 1 heterocycles. The van der Waals surface area contributed by atoms with Gasteiger partial charge in [0.15, 0.2) is 0 Å². The second-order valence-electron chi connectivity index (χ2n) is 7.95. The summed E-state index contributed by atoms with van der Waals surface area (Å²) in [5.41, 5.74) is 3.65. The molecule has 1 N–H and O–H groups in total. The molecule has 3 aromatic carbocycles. The lowest BCUT2D eigenvalue weighted by atomic mass is 10.2. The first-order valence-corrected chi connectivity index (χ1v) is 13.4. The number of nitrogens with zero attached hydrogens (tertiary/aromatic N) is 2. The number of amides is 1. The van der Waals surface area contributed by atoms with Gasteiger partial charge in [-0.2, -0.15) is 0 Å². The maximum Gasteiger partial charge on any atom is 0.240 e. The Bertz CT molecular complexity index is 1220. The zero-order valence-corrected chi connectivity index (χ0v) is 20.3. The maximum absolute atomic E-state index is 12.6. The number of para-hydroxylation sites is 3. The van der Waals surface area contributed by atoms with Gasteiger partial charge < -0.3 is 10.2 Å². The largest absolute Gasteiger partial charge is 0.354 e. The van der Waals surface area contributed by atoms with Crippen LogP contribution in [-0.4, -0.2) is 40.2 Å². The van der Waals surface area contributed by atoms with Gasteiger partial charge in [-0.25, -0.2) is 8.42 Å². The van der Waals surface area contributed by atoms with Crippen molar-refractivity contribution in [2.24, 2.45) is 0 Å². The highest BCUT2D eigenvalue weighted by molar-refractivity contribution is 7.99. The molecule has 6 nitrogen and oxygen atoms in total. The molecule has 172 valence electrons. The first-order chi connectivity index (χ1) is 15.8. The topological polar surface area (TPSA) is 69.7 Å². The number of carbonyl (C=O) groups excluding carboxylic acids is 1. The standard InChI is InChI=1S/C25H27N3O3S2/c1-19-10-3-4-11-20(19)28(33(2,30)31)18-25(29)26-16-9-17-27-21-12-5-7-14-23(21)32-24-15-8-6-13-22(24)27/h3-8,10-15H,9,16-18H2,1-2H3,(H,26,29). The molecule has 0 aliphatic carbocycles. The molecule has 0 fully saturated rings. The van der Waals surface area contributed by atoms with Crippen molar-refractivity contribution >= 4 is 44.8 Å². The van der Waals surface area contributed by atoms with Crippen LogP contribution in [0.25, 0.3) is 0 Å². The van der Waals surface area contributed by atoms with Crippen molar-refractivity contribution < 1.29 is 13.2 Å².